The Morgan fingerprint density at radius 3 is 2.07 bits per heavy atom. The van der Waals surface area contributed by atoms with Gasteiger partial charge in [0, 0.05) is 24.3 Å². The summed E-state index contributed by atoms with van der Waals surface area (Å²) in [6, 6.07) is 33.2. The van der Waals surface area contributed by atoms with Crippen molar-refractivity contribution >= 4 is 17.0 Å². The van der Waals surface area contributed by atoms with Crippen LogP contribution in [0.1, 0.15) is 71.4 Å². The largest absolute Gasteiger partial charge is 2.00 e. The predicted molar refractivity (Wildman–Crippen MR) is 254 cm³/mol. The Labute approximate surface area is 365 Å². The summed E-state index contributed by atoms with van der Waals surface area (Å²) >= 11 is 0. The first-order valence-electron chi connectivity index (χ1n) is 20.0. The van der Waals surface area contributed by atoms with Gasteiger partial charge in [-0.25, -0.2) is 4.99 Å². The SMILES string of the molecule is C#CN=C/C=C\CCN=[N-].CC.CCCC1=CC=CCC1(N)Cc1ccc(-c2c(-c3ccc(C)cc3)ccc3ccccc23)cc1.C[N-]C.C\C=C/C=C\C=C/C.[W+2]. The number of allylic oxidation sites excluding steroid dienone is 9. The maximum atomic E-state index is 7.99. The van der Waals surface area contributed by atoms with Gasteiger partial charge in [-0.2, -0.15) is 14.1 Å². The fourth-order valence-corrected chi connectivity index (χ4v) is 5.98. The number of benzene rings is 4. The molecule has 0 spiro atoms. The van der Waals surface area contributed by atoms with Gasteiger partial charge in [0.1, 0.15) is 0 Å². The quantitative estimate of drug-likeness (QED) is 0.0495. The Hall–Kier alpha value is -4.98. The predicted octanol–water partition coefficient (Wildman–Crippen LogP) is 14.4. The van der Waals surface area contributed by atoms with E-state index in [4.69, 9.17) is 17.7 Å². The number of rotatable bonds is 12. The van der Waals surface area contributed by atoms with E-state index in [-0.39, 0.29) is 26.6 Å². The van der Waals surface area contributed by atoms with Crippen molar-refractivity contribution in [2.45, 2.75) is 79.2 Å². The third-order valence-corrected chi connectivity index (χ3v) is 8.61. The molecule has 0 heterocycles. The molecule has 0 saturated heterocycles. The van der Waals surface area contributed by atoms with Crippen LogP contribution in [0.25, 0.3) is 43.9 Å². The van der Waals surface area contributed by atoms with Crippen molar-refractivity contribution in [2.75, 3.05) is 20.6 Å². The fraction of sp³-hybridized carbons (Fsp3) is 0.288. The Balaban J connectivity index is 0.00000112. The van der Waals surface area contributed by atoms with Gasteiger partial charge < -0.3 is 21.7 Å². The second-order valence-corrected chi connectivity index (χ2v) is 13.1. The molecular weight excluding hydrogens is 878 g/mol. The molecule has 1 aliphatic carbocycles. The zero-order chi connectivity index (χ0) is 42.2. The average molecular weight is 944 g/mol. The summed E-state index contributed by atoms with van der Waals surface area (Å²) in [5.74, 6) is 0. The van der Waals surface area contributed by atoms with Gasteiger partial charge >= 0.3 is 21.1 Å². The summed E-state index contributed by atoms with van der Waals surface area (Å²) in [5, 5.41) is 8.97. The third-order valence-electron chi connectivity index (χ3n) is 8.61. The van der Waals surface area contributed by atoms with E-state index >= 15 is 0 Å². The van der Waals surface area contributed by atoms with E-state index in [0.717, 1.165) is 25.7 Å². The van der Waals surface area contributed by atoms with Crippen molar-refractivity contribution in [2.24, 2.45) is 15.8 Å². The van der Waals surface area contributed by atoms with Crippen molar-refractivity contribution in [1.82, 2.24) is 0 Å². The summed E-state index contributed by atoms with van der Waals surface area (Å²) in [5.41, 5.74) is 23.7. The Kier molecular flexibility index (Phi) is 30.2. The van der Waals surface area contributed by atoms with Crippen molar-refractivity contribution < 1.29 is 21.1 Å². The van der Waals surface area contributed by atoms with Crippen LogP contribution in [-0.4, -0.2) is 32.4 Å². The summed E-state index contributed by atoms with van der Waals surface area (Å²) in [4.78, 5) is 3.49. The van der Waals surface area contributed by atoms with E-state index in [0.29, 0.717) is 13.0 Å². The van der Waals surface area contributed by atoms with Gasteiger partial charge in [-0.3, -0.25) is 0 Å². The number of hydrogen-bond donors (Lipinski definition) is 1. The number of aryl methyl sites for hydroxylation is 1. The summed E-state index contributed by atoms with van der Waals surface area (Å²) in [7, 11) is 3.50. The molecule has 5 nitrogen and oxygen atoms in total. The van der Waals surface area contributed by atoms with Gasteiger partial charge in [0.2, 0.25) is 0 Å². The van der Waals surface area contributed by atoms with Gasteiger partial charge in [-0.15, -0.1) is 0 Å². The number of hydrogen-bond acceptors (Lipinski definition) is 3. The molecule has 1 unspecified atom stereocenters. The van der Waals surface area contributed by atoms with Crippen LogP contribution in [0.4, 0.5) is 0 Å². The molecule has 304 valence electrons. The number of nitrogens with zero attached hydrogens (tertiary/aromatic N) is 4. The van der Waals surface area contributed by atoms with Gasteiger partial charge in [-0.1, -0.05) is 185 Å². The molecule has 6 heteroatoms. The molecule has 0 fully saturated rings. The van der Waals surface area contributed by atoms with Crippen molar-refractivity contribution in [3.63, 3.8) is 0 Å². The molecule has 1 atom stereocenters. The first kappa shape index (κ1) is 53.0. The van der Waals surface area contributed by atoms with Gasteiger partial charge in [0.05, 0.1) is 0 Å². The van der Waals surface area contributed by atoms with Crippen LogP contribution < -0.4 is 5.73 Å². The fourth-order valence-electron chi connectivity index (χ4n) is 5.98. The van der Waals surface area contributed by atoms with E-state index in [1.807, 2.05) is 70.2 Å². The molecule has 0 aliphatic heterocycles. The van der Waals surface area contributed by atoms with Crippen LogP contribution >= 0.6 is 0 Å². The summed E-state index contributed by atoms with van der Waals surface area (Å²) in [6.45, 7) is 12.8. The van der Waals surface area contributed by atoms with Crippen LogP contribution in [0.3, 0.4) is 0 Å². The molecule has 4 aromatic carbocycles. The van der Waals surface area contributed by atoms with E-state index in [1.54, 1.807) is 20.2 Å². The molecule has 1 aliphatic rings. The smallest absolute Gasteiger partial charge is 0.712 e. The van der Waals surface area contributed by atoms with Crippen molar-refractivity contribution in [1.29, 1.82) is 0 Å². The van der Waals surface area contributed by atoms with E-state index in [2.05, 4.69) is 138 Å². The molecule has 4 aromatic rings. The van der Waals surface area contributed by atoms with Crippen LogP contribution in [-0.2, 0) is 27.5 Å². The van der Waals surface area contributed by atoms with Crippen molar-refractivity contribution in [3.05, 3.63) is 179 Å². The molecule has 2 N–H and O–H groups in total. The Morgan fingerprint density at radius 1 is 0.862 bits per heavy atom. The topological polar surface area (TPSA) is 87.1 Å². The monoisotopic (exact) mass is 943 g/mol. The van der Waals surface area contributed by atoms with Gasteiger partial charge in [0.25, 0.3) is 0 Å². The second-order valence-electron chi connectivity index (χ2n) is 13.1. The van der Waals surface area contributed by atoms with E-state index in [9.17, 15) is 0 Å². The van der Waals surface area contributed by atoms with Crippen LogP contribution in [0.5, 0.6) is 0 Å². The van der Waals surface area contributed by atoms with E-state index < -0.39 is 0 Å². The molecular formula is C52H65N5W. The number of aliphatic imine (C=N–C) groups is 1. The summed E-state index contributed by atoms with van der Waals surface area (Å²) in [6.07, 6.45) is 33.1. The Bertz CT molecular complexity index is 1960. The molecule has 0 radical (unpaired) electrons. The normalized spacial score (nSPS) is 14.3. The molecule has 0 aromatic heterocycles. The number of nitrogens with two attached hydrogens (primary N) is 1. The Morgan fingerprint density at radius 2 is 1.48 bits per heavy atom. The molecule has 58 heavy (non-hydrogen) atoms. The third kappa shape index (κ3) is 19.4. The van der Waals surface area contributed by atoms with Crippen LogP contribution in [0, 0.1) is 19.4 Å². The molecule has 0 bridgehead atoms. The first-order valence-corrected chi connectivity index (χ1v) is 20.0. The standard InChI is InChI=1S/C33H33N.C8H12.C7H8N3.C2H6N.C2H6.W/c1-3-8-29-10-6-7-22-33(29,34)23-25-14-18-28(19-15-25)32-30-11-5-4-9-26(30)20-21-31(32)27-16-12-24(2)13-17-27;1-3-5-7-8-6-4-2;1-2-9-6-4-3-5-7-10-8;1-3-2;1-2;/h4-7,9-21H,3,8,22-23,34H2,1-2H3;3-8H,1-2H3;1,3-4,6H,5,7H2;1-2H3;1-2H3;/q;;2*-1;;+2/b;5-3-,6-4-,8-7-;4-3-,9-6?;;;. The number of terminal acetylenes is 1. The minimum Gasteiger partial charge on any atom is -0.712 e. The van der Waals surface area contributed by atoms with Gasteiger partial charge in [0.15, 0.2) is 0 Å². The summed E-state index contributed by atoms with van der Waals surface area (Å²) < 4.78 is 0. The maximum Gasteiger partial charge on any atom is 2.00 e. The van der Waals surface area contributed by atoms with E-state index in [1.165, 1.54) is 55.9 Å². The molecule has 0 amide bonds. The first-order chi connectivity index (χ1) is 27.8. The second kappa shape index (κ2) is 33.0. The number of fused-ring (bicyclic) bond motifs is 1. The van der Waals surface area contributed by atoms with Gasteiger partial charge in [-0.05, 0) is 96.7 Å². The van der Waals surface area contributed by atoms with Crippen LogP contribution in [0.15, 0.2) is 167 Å². The zero-order valence-electron chi connectivity index (χ0n) is 36.1. The average Bonchev–Trinajstić information content (AvgIpc) is 3.24. The van der Waals surface area contributed by atoms with Crippen molar-refractivity contribution in [3.8, 4) is 34.7 Å². The minimum absolute atomic E-state index is 0. The minimum atomic E-state index is -0.279. The molecule has 5 rings (SSSR count). The molecule has 0 saturated carbocycles. The van der Waals surface area contributed by atoms with Crippen LogP contribution in [0.2, 0.25) is 0 Å². The maximum absolute atomic E-state index is 7.99. The zero-order valence-corrected chi connectivity index (χ0v) is 39.0.